The van der Waals surface area contributed by atoms with Gasteiger partial charge in [-0.25, -0.2) is 0 Å². The van der Waals surface area contributed by atoms with Crippen LogP contribution in [0.4, 0.5) is 17.1 Å². The number of rotatable bonds is 6. The molecule has 0 aliphatic heterocycles. The summed E-state index contributed by atoms with van der Waals surface area (Å²) in [5, 5.41) is 9.19. The van der Waals surface area contributed by atoms with Gasteiger partial charge in [-0.2, -0.15) is 0 Å². The van der Waals surface area contributed by atoms with Gasteiger partial charge in [0.1, 0.15) is 22.3 Å². The van der Waals surface area contributed by atoms with E-state index in [1.165, 1.54) is 21.8 Å². The molecule has 0 amide bonds. The van der Waals surface area contributed by atoms with Crippen LogP contribution in [0.3, 0.4) is 0 Å². The van der Waals surface area contributed by atoms with E-state index in [9.17, 15) is 0 Å². The second kappa shape index (κ2) is 13.6. The van der Waals surface area contributed by atoms with Crippen LogP contribution in [-0.4, -0.2) is 4.57 Å². The van der Waals surface area contributed by atoms with Gasteiger partial charge in [0.25, 0.3) is 0 Å². The van der Waals surface area contributed by atoms with Crippen LogP contribution in [-0.2, 0) is 0 Å². The Morgan fingerprint density at radius 2 is 0.952 bits per heavy atom. The monoisotopic (exact) mass is 792 g/mol. The predicted octanol–water partition coefficient (Wildman–Crippen LogP) is 16.5. The normalized spacial score (nSPS) is 11.9. The van der Waals surface area contributed by atoms with Crippen molar-refractivity contribution in [3.63, 3.8) is 0 Å². The van der Waals surface area contributed by atoms with Crippen molar-refractivity contribution in [3.05, 3.63) is 218 Å². The summed E-state index contributed by atoms with van der Waals surface area (Å²) in [6, 6.07) is 77.9. The van der Waals surface area contributed by atoms with E-state index in [0.717, 1.165) is 99.7 Å². The second-order valence-corrected chi connectivity index (χ2v) is 16.0. The van der Waals surface area contributed by atoms with Crippen LogP contribution in [0.1, 0.15) is 0 Å². The standard InChI is InChI=1S/C58H36N2O2/c1-2-15-44-38(12-1)30-35-50-56-53(23-11-25-55(56)62-58(44)50)59(42-33-28-39(29-34-42)45-19-10-20-49-48-18-5-8-24-54(48)61-57(45)49)41-31-26-37(27-32-41)40-13-9-14-43(36-40)60-51-21-6-3-16-46(51)47-17-4-7-22-52(47)60/h1-36H. The van der Waals surface area contributed by atoms with E-state index in [0.29, 0.717) is 0 Å². The first kappa shape index (κ1) is 34.5. The molecule has 290 valence electrons. The van der Waals surface area contributed by atoms with Crippen LogP contribution in [0, 0.1) is 0 Å². The second-order valence-electron chi connectivity index (χ2n) is 16.0. The Kier molecular flexibility index (Phi) is 7.57. The molecule has 0 fully saturated rings. The molecule has 0 unspecified atom stereocenters. The minimum absolute atomic E-state index is 0.852. The van der Waals surface area contributed by atoms with Gasteiger partial charge >= 0.3 is 0 Å². The zero-order valence-corrected chi connectivity index (χ0v) is 33.5. The molecule has 0 N–H and O–H groups in total. The molecular weight excluding hydrogens is 757 g/mol. The lowest BCUT2D eigenvalue weighted by Gasteiger charge is -2.26. The highest BCUT2D eigenvalue weighted by atomic mass is 16.3. The molecule has 3 heterocycles. The van der Waals surface area contributed by atoms with Gasteiger partial charge in [0, 0.05) is 54.9 Å². The quantitative estimate of drug-likeness (QED) is 0.168. The van der Waals surface area contributed by atoms with E-state index in [-0.39, 0.29) is 0 Å². The highest BCUT2D eigenvalue weighted by molar-refractivity contribution is 6.20. The van der Waals surface area contributed by atoms with Crippen molar-refractivity contribution >= 4 is 93.5 Å². The number of benzene rings is 10. The number of hydrogen-bond donors (Lipinski definition) is 0. The highest BCUT2D eigenvalue weighted by Gasteiger charge is 2.21. The summed E-state index contributed by atoms with van der Waals surface area (Å²) < 4.78 is 15.5. The van der Waals surface area contributed by atoms with E-state index in [1.807, 2.05) is 12.1 Å². The number of para-hydroxylation sites is 4. The maximum Gasteiger partial charge on any atom is 0.143 e. The van der Waals surface area contributed by atoms with E-state index < -0.39 is 0 Å². The SMILES string of the molecule is c1cc(-c2ccc(N(c3ccc(-c4cccc5c4oc4ccccc45)cc3)c3cccc4oc5c6ccccc6ccc5c34)cc2)cc(-n2c3ccccc3c3ccccc32)c1. The molecule has 0 radical (unpaired) electrons. The molecule has 4 heteroatoms. The minimum Gasteiger partial charge on any atom is -0.455 e. The molecule has 0 saturated heterocycles. The van der Waals surface area contributed by atoms with Crippen molar-refractivity contribution < 1.29 is 8.83 Å². The van der Waals surface area contributed by atoms with E-state index >= 15 is 0 Å². The Bertz CT molecular complexity index is 3810. The fourth-order valence-corrected chi connectivity index (χ4v) is 9.74. The first-order chi connectivity index (χ1) is 30.7. The maximum absolute atomic E-state index is 6.70. The number of hydrogen-bond acceptors (Lipinski definition) is 3. The van der Waals surface area contributed by atoms with Crippen LogP contribution in [0.5, 0.6) is 0 Å². The Hall–Kier alpha value is -8.34. The Morgan fingerprint density at radius 3 is 1.73 bits per heavy atom. The van der Waals surface area contributed by atoms with Gasteiger partial charge in [0.15, 0.2) is 0 Å². The fraction of sp³-hybridized carbons (Fsp3) is 0. The molecule has 0 saturated carbocycles. The predicted molar refractivity (Wildman–Crippen MR) is 258 cm³/mol. The topological polar surface area (TPSA) is 34.5 Å². The summed E-state index contributed by atoms with van der Waals surface area (Å²) >= 11 is 0. The van der Waals surface area contributed by atoms with Gasteiger partial charge in [0.05, 0.1) is 22.1 Å². The molecule has 13 rings (SSSR count). The maximum atomic E-state index is 6.70. The third-order valence-corrected chi connectivity index (χ3v) is 12.6. The average Bonchev–Trinajstić information content (AvgIpc) is 4.03. The van der Waals surface area contributed by atoms with Gasteiger partial charge in [-0.1, -0.05) is 146 Å². The molecule has 62 heavy (non-hydrogen) atoms. The molecule has 4 nitrogen and oxygen atoms in total. The van der Waals surface area contributed by atoms with Crippen LogP contribution in [0.2, 0.25) is 0 Å². The van der Waals surface area contributed by atoms with Gasteiger partial charge in [-0.15, -0.1) is 0 Å². The lowest BCUT2D eigenvalue weighted by Crippen LogP contribution is -2.10. The number of nitrogens with zero attached hydrogens (tertiary/aromatic N) is 2. The summed E-state index contributed by atoms with van der Waals surface area (Å²) in [6.07, 6.45) is 0. The van der Waals surface area contributed by atoms with Crippen LogP contribution >= 0.6 is 0 Å². The molecular formula is C58H36N2O2. The summed E-state index contributed by atoms with van der Waals surface area (Å²) in [5.41, 5.74) is 14.7. The molecule has 0 spiro atoms. The Morgan fingerprint density at radius 1 is 0.355 bits per heavy atom. The number of fused-ring (bicyclic) bond motifs is 11. The Balaban J connectivity index is 0.951. The van der Waals surface area contributed by atoms with E-state index in [4.69, 9.17) is 8.83 Å². The van der Waals surface area contributed by atoms with Crippen LogP contribution in [0.15, 0.2) is 227 Å². The molecule has 13 aromatic rings. The van der Waals surface area contributed by atoms with Gasteiger partial charge in [-0.3, -0.25) is 0 Å². The summed E-state index contributed by atoms with van der Waals surface area (Å²) in [5.74, 6) is 0. The van der Waals surface area contributed by atoms with E-state index in [2.05, 4.69) is 216 Å². The Labute approximate surface area is 356 Å². The van der Waals surface area contributed by atoms with Crippen molar-refractivity contribution in [1.82, 2.24) is 4.57 Å². The largest absolute Gasteiger partial charge is 0.455 e. The molecule has 0 aliphatic carbocycles. The summed E-state index contributed by atoms with van der Waals surface area (Å²) in [7, 11) is 0. The number of anilines is 3. The molecule has 0 atom stereocenters. The smallest absolute Gasteiger partial charge is 0.143 e. The van der Waals surface area contributed by atoms with E-state index in [1.54, 1.807) is 0 Å². The molecule has 0 aliphatic rings. The highest BCUT2D eigenvalue weighted by Crippen LogP contribution is 2.45. The van der Waals surface area contributed by atoms with Crippen LogP contribution in [0.25, 0.3) is 104 Å². The van der Waals surface area contributed by atoms with Gasteiger partial charge in [0.2, 0.25) is 0 Å². The van der Waals surface area contributed by atoms with Gasteiger partial charge < -0.3 is 18.3 Å². The summed E-state index contributed by atoms with van der Waals surface area (Å²) in [6.45, 7) is 0. The fourth-order valence-electron chi connectivity index (χ4n) is 9.74. The van der Waals surface area contributed by atoms with Crippen LogP contribution < -0.4 is 4.90 Å². The lowest BCUT2D eigenvalue weighted by molar-refractivity contribution is 0.670. The van der Waals surface area contributed by atoms with Crippen molar-refractivity contribution in [1.29, 1.82) is 0 Å². The summed E-state index contributed by atoms with van der Waals surface area (Å²) in [4.78, 5) is 2.36. The molecule has 10 aromatic carbocycles. The number of furan rings is 2. The zero-order valence-electron chi connectivity index (χ0n) is 33.5. The van der Waals surface area contributed by atoms with Gasteiger partial charge in [-0.05, 0) is 94.9 Å². The lowest BCUT2D eigenvalue weighted by atomic mass is 10.0. The molecule has 3 aromatic heterocycles. The first-order valence-corrected chi connectivity index (χ1v) is 21.1. The third kappa shape index (κ3) is 5.27. The van der Waals surface area contributed by atoms with Crippen molar-refractivity contribution in [2.75, 3.05) is 4.90 Å². The van der Waals surface area contributed by atoms with Crippen molar-refractivity contribution in [2.24, 2.45) is 0 Å². The van der Waals surface area contributed by atoms with Crippen molar-refractivity contribution in [3.8, 4) is 27.9 Å². The third-order valence-electron chi connectivity index (χ3n) is 12.6. The number of aromatic nitrogens is 1. The average molecular weight is 793 g/mol. The molecule has 0 bridgehead atoms. The minimum atomic E-state index is 0.852. The zero-order chi connectivity index (χ0) is 40.7. The first-order valence-electron chi connectivity index (χ1n) is 21.1. The van der Waals surface area contributed by atoms with Crippen molar-refractivity contribution in [2.45, 2.75) is 0 Å².